The molecule has 3 rings (SSSR count). The first-order valence-electron chi connectivity index (χ1n) is 9.44. The van der Waals surface area contributed by atoms with Gasteiger partial charge in [-0.05, 0) is 18.5 Å². The Labute approximate surface area is 164 Å². The van der Waals surface area contributed by atoms with E-state index in [1.54, 1.807) is 12.1 Å². The number of nitrogens with one attached hydrogen (secondary N) is 1. The fourth-order valence-electron chi connectivity index (χ4n) is 3.25. The van der Waals surface area contributed by atoms with Gasteiger partial charge in [0.2, 0.25) is 0 Å². The molecule has 0 radical (unpaired) electrons. The fraction of sp³-hybridized carbons (Fsp3) is 0.318. The number of fused-ring (bicyclic) bond motifs is 1. The van der Waals surface area contributed by atoms with Crippen molar-refractivity contribution in [1.82, 2.24) is 5.32 Å². The first kappa shape index (κ1) is 19.8. The predicted octanol–water partition coefficient (Wildman–Crippen LogP) is 2.57. The summed E-state index contributed by atoms with van der Waals surface area (Å²) in [5, 5.41) is 12.7. The highest BCUT2D eigenvalue weighted by Gasteiger charge is 2.32. The smallest absolute Gasteiger partial charge is 0.323 e. The van der Waals surface area contributed by atoms with Crippen LogP contribution in [0.1, 0.15) is 25.0 Å². The number of carbonyl (C=O) groups is 2. The van der Waals surface area contributed by atoms with Crippen LogP contribution in [0.3, 0.4) is 0 Å². The highest BCUT2D eigenvalue weighted by Crippen LogP contribution is 2.28. The number of amides is 1. The Morgan fingerprint density at radius 1 is 1.14 bits per heavy atom. The summed E-state index contributed by atoms with van der Waals surface area (Å²) in [6.45, 7) is 4.90. The number of carboxylic acid groups (broad SMARTS) is 1. The van der Waals surface area contributed by atoms with Crippen LogP contribution in [-0.2, 0) is 9.59 Å². The monoisotopic (exact) mass is 379 g/mol. The van der Waals surface area contributed by atoms with E-state index in [1.807, 2.05) is 42.5 Å². The lowest BCUT2D eigenvalue weighted by molar-refractivity contribution is -0.136. The molecule has 2 aromatic carbocycles. The summed E-state index contributed by atoms with van der Waals surface area (Å²) in [4.78, 5) is 30.8. The first-order chi connectivity index (χ1) is 13.5. The van der Waals surface area contributed by atoms with Gasteiger partial charge in [-0.15, -0.1) is 0 Å². The summed E-state index contributed by atoms with van der Waals surface area (Å²) < 4.78 is 0. The van der Waals surface area contributed by atoms with Gasteiger partial charge < -0.3 is 10.4 Å². The van der Waals surface area contributed by atoms with Gasteiger partial charge in [-0.1, -0.05) is 62.4 Å². The fourth-order valence-corrected chi connectivity index (χ4v) is 3.25. The number of rotatable bonds is 7. The molecule has 6 heteroatoms. The third-order valence-electron chi connectivity index (χ3n) is 4.52. The van der Waals surface area contributed by atoms with E-state index < -0.39 is 18.6 Å². The highest BCUT2D eigenvalue weighted by atomic mass is 16.4. The van der Waals surface area contributed by atoms with E-state index in [2.05, 4.69) is 19.2 Å². The lowest BCUT2D eigenvalue weighted by atomic mass is 10.0. The van der Waals surface area contributed by atoms with Crippen molar-refractivity contribution in [2.24, 2.45) is 10.9 Å². The molecular formula is C22H25N3O3. The van der Waals surface area contributed by atoms with Crippen LogP contribution in [0.15, 0.2) is 59.6 Å². The summed E-state index contributed by atoms with van der Waals surface area (Å²) in [6, 6.07) is 16.3. The van der Waals surface area contributed by atoms with Crippen LogP contribution >= 0.6 is 0 Å². The second-order valence-electron chi connectivity index (χ2n) is 7.25. The second-order valence-corrected chi connectivity index (χ2v) is 7.25. The molecule has 1 heterocycles. The molecule has 0 spiro atoms. The zero-order chi connectivity index (χ0) is 20.1. The van der Waals surface area contributed by atoms with Gasteiger partial charge in [0.1, 0.15) is 12.6 Å². The molecule has 0 unspecified atom stereocenters. The largest absolute Gasteiger partial charge is 0.480 e. The Kier molecular flexibility index (Phi) is 6.21. The van der Waals surface area contributed by atoms with Crippen LogP contribution < -0.4 is 10.2 Å². The average molecular weight is 379 g/mol. The minimum absolute atomic E-state index is 0.308. The van der Waals surface area contributed by atoms with Gasteiger partial charge in [0.25, 0.3) is 5.91 Å². The standard InChI is InChI=1S/C22H25N3O3/c1-15(2)12-23-13-18-22(28)25(14-20(26)27)19-11-7-6-10-17(19)21(24-18)16-8-4-3-5-9-16/h3-11,15,18,23H,12-14H2,1-2H3,(H,26,27)/t18-/m1/s1. The van der Waals surface area contributed by atoms with Crippen molar-refractivity contribution in [1.29, 1.82) is 0 Å². The summed E-state index contributed by atoms with van der Waals surface area (Å²) in [6.07, 6.45) is 0. The Balaban J connectivity index is 2.08. The third kappa shape index (κ3) is 4.46. The van der Waals surface area contributed by atoms with Crippen LogP contribution in [0.25, 0.3) is 0 Å². The molecule has 0 bridgehead atoms. The van der Waals surface area contributed by atoms with Gasteiger partial charge in [-0.2, -0.15) is 0 Å². The Hall–Kier alpha value is -2.99. The molecule has 0 saturated heterocycles. The summed E-state index contributed by atoms with van der Waals surface area (Å²) in [5.41, 5.74) is 2.93. The number of hydrogen-bond acceptors (Lipinski definition) is 4. The van der Waals surface area contributed by atoms with E-state index in [0.717, 1.165) is 17.7 Å². The van der Waals surface area contributed by atoms with E-state index in [1.165, 1.54) is 4.90 Å². The van der Waals surface area contributed by atoms with E-state index in [9.17, 15) is 14.7 Å². The maximum atomic E-state index is 13.2. The molecule has 6 nitrogen and oxygen atoms in total. The maximum Gasteiger partial charge on any atom is 0.323 e. The number of aliphatic carboxylic acids is 1. The second kappa shape index (κ2) is 8.80. The molecule has 1 aliphatic rings. The molecule has 28 heavy (non-hydrogen) atoms. The zero-order valence-corrected chi connectivity index (χ0v) is 16.1. The number of benzene rings is 2. The van der Waals surface area contributed by atoms with Gasteiger partial charge in [-0.3, -0.25) is 19.5 Å². The molecule has 1 atom stereocenters. The van der Waals surface area contributed by atoms with Crippen molar-refractivity contribution >= 4 is 23.3 Å². The average Bonchev–Trinajstić information content (AvgIpc) is 2.79. The molecule has 0 aromatic heterocycles. The van der Waals surface area contributed by atoms with Gasteiger partial charge in [0.15, 0.2) is 0 Å². The number of para-hydroxylation sites is 1. The molecule has 1 amide bonds. The van der Waals surface area contributed by atoms with Crippen molar-refractivity contribution in [3.05, 3.63) is 65.7 Å². The number of aliphatic imine (C=N–C) groups is 1. The van der Waals surface area contributed by atoms with Gasteiger partial charge in [0.05, 0.1) is 11.4 Å². The number of benzodiazepines with no additional fused rings is 1. The number of nitrogens with zero attached hydrogens (tertiary/aromatic N) is 2. The van der Waals surface area contributed by atoms with E-state index in [-0.39, 0.29) is 5.91 Å². The van der Waals surface area contributed by atoms with Crippen molar-refractivity contribution in [3.8, 4) is 0 Å². The quantitative estimate of drug-likeness (QED) is 0.775. The van der Waals surface area contributed by atoms with Crippen molar-refractivity contribution < 1.29 is 14.7 Å². The van der Waals surface area contributed by atoms with Crippen molar-refractivity contribution in [2.45, 2.75) is 19.9 Å². The highest BCUT2D eigenvalue weighted by molar-refractivity contribution is 6.20. The number of anilines is 1. The lowest BCUT2D eigenvalue weighted by Gasteiger charge is -2.23. The van der Waals surface area contributed by atoms with Gasteiger partial charge in [0, 0.05) is 17.7 Å². The normalized spacial score (nSPS) is 16.5. The number of hydrogen-bond donors (Lipinski definition) is 2. The molecular weight excluding hydrogens is 354 g/mol. The van der Waals surface area contributed by atoms with Crippen LogP contribution in [-0.4, -0.2) is 48.4 Å². The Morgan fingerprint density at radius 2 is 1.82 bits per heavy atom. The molecule has 0 aliphatic carbocycles. The van der Waals surface area contributed by atoms with Gasteiger partial charge >= 0.3 is 5.97 Å². The SMILES string of the molecule is CC(C)CNC[C@H]1N=C(c2ccccc2)c2ccccc2N(CC(=O)O)C1=O. The predicted molar refractivity (Wildman–Crippen MR) is 110 cm³/mol. The lowest BCUT2D eigenvalue weighted by Crippen LogP contribution is -2.45. The first-order valence-corrected chi connectivity index (χ1v) is 9.44. The number of carboxylic acids is 1. The molecule has 0 fully saturated rings. The molecule has 146 valence electrons. The van der Waals surface area contributed by atoms with E-state index >= 15 is 0 Å². The minimum atomic E-state index is -1.06. The molecule has 1 aliphatic heterocycles. The zero-order valence-electron chi connectivity index (χ0n) is 16.1. The molecule has 2 aromatic rings. The molecule has 0 saturated carbocycles. The van der Waals surface area contributed by atoms with Gasteiger partial charge in [-0.25, -0.2) is 0 Å². The van der Waals surface area contributed by atoms with Crippen LogP contribution in [0.5, 0.6) is 0 Å². The number of carbonyl (C=O) groups excluding carboxylic acids is 1. The van der Waals surface area contributed by atoms with Crippen LogP contribution in [0.2, 0.25) is 0 Å². The van der Waals surface area contributed by atoms with Crippen LogP contribution in [0, 0.1) is 5.92 Å². The Bertz CT molecular complexity index is 878. The van der Waals surface area contributed by atoms with E-state index in [4.69, 9.17) is 4.99 Å². The summed E-state index contributed by atoms with van der Waals surface area (Å²) in [5.74, 6) is -0.928. The summed E-state index contributed by atoms with van der Waals surface area (Å²) in [7, 11) is 0. The molecule has 2 N–H and O–H groups in total. The van der Waals surface area contributed by atoms with Crippen molar-refractivity contribution in [3.63, 3.8) is 0 Å². The summed E-state index contributed by atoms with van der Waals surface area (Å²) >= 11 is 0. The van der Waals surface area contributed by atoms with Crippen molar-refractivity contribution in [2.75, 3.05) is 24.5 Å². The van der Waals surface area contributed by atoms with Crippen LogP contribution in [0.4, 0.5) is 5.69 Å². The van der Waals surface area contributed by atoms with E-state index in [0.29, 0.717) is 23.9 Å². The topological polar surface area (TPSA) is 82.0 Å². The minimum Gasteiger partial charge on any atom is -0.480 e. The Morgan fingerprint density at radius 3 is 2.50 bits per heavy atom. The third-order valence-corrected chi connectivity index (χ3v) is 4.52. The maximum absolute atomic E-state index is 13.2.